The second-order valence-electron chi connectivity index (χ2n) is 6.76. The average molecular weight is 452 g/mol. The Labute approximate surface area is 173 Å². The van der Waals surface area contributed by atoms with Gasteiger partial charge in [0.15, 0.2) is 28.4 Å². The Morgan fingerprint density at radius 3 is 2.77 bits per heavy atom. The van der Waals surface area contributed by atoms with E-state index in [0.29, 0.717) is 22.0 Å². The van der Waals surface area contributed by atoms with Gasteiger partial charge < -0.3 is 26.2 Å². The summed E-state index contributed by atoms with van der Waals surface area (Å²) in [5.74, 6) is 0.169. The van der Waals surface area contributed by atoms with Crippen molar-refractivity contribution in [2.75, 3.05) is 18.1 Å². The number of phosphoric acid groups is 1. The summed E-state index contributed by atoms with van der Waals surface area (Å²) in [5.41, 5.74) is 13.0. The molecule has 0 bridgehead atoms. The standard InChI is InChI=1S/C16H17N6O6PS/c17-7-1-3-8(4-2-7)30-16-21-10-13(18)19-6-20-14(10)22(16)15-11(23)12-9(27-15)5-26-29(24,25)28-12/h1-4,6,9,11-12,15,23H,5,17H2,(H,24,25)(H2,18,19,20)/t9-,11?,12+,15-/m1/s1. The Kier molecular flexibility index (Phi) is 4.71. The number of aliphatic hydroxyl groups excluding tert-OH is 1. The number of anilines is 2. The fourth-order valence-corrected chi connectivity index (χ4v) is 5.27. The minimum absolute atomic E-state index is 0.169. The van der Waals surface area contributed by atoms with E-state index in [4.69, 9.17) is 25.3 Å². The van der Waals surface area contributed by atoms with Crippen LogP contribution in [-0.4, -0.2) is 54.4 Å². The van der Waals surface area contributed by atoms with Crippen molar-refractivity contribution < 1.29 is 28.3 Å². The molecule has 2 aliphatic rings. The summed E-state index contributed by atoms with van der Waals surface area (Å²) in [6.45, 7) is -0.198. The molecule has 2 saturated heterocycles. The SMILES string of the molecule is Nc1ccc(Sc2nc3c(N)ncnc3n2[C@@H]2O[C@@H]3COP(=O)(O)O[C@@H]3C2O)cc1. The van der Waals surface area contributed by atoms with Crippen molar-refractivity contribution >= 4 is 42.3 Å². The van der Waals surface area contributed by atoms with Crippen LogP contribution in [0.5, 0.6) is 0 Å². The third kappa shape index (κ3) is 3.34. The number of nitrogen functional groups attached to an aromatic ring is 2. The molecule has 30 heavy (non-hydrogen) atoms. The van der Waals surface area contributed by atoms with E-state index in [1.54, 1.807) is 16.7 Å². The molecule has 4 heterocycles. The minimum Gasteiger partial charge on any atom is -0.399 e. The van der Waals surface area contributed by atoms with Crippen molar-refractivity contribution in [3.63, 3.8) is 0 Å². The van der Waals surface area contributed by atoms with E-state index in [1.807, 2.05) is 12.1 Å². The molecule has 0 saturated carbocycles. The zero-order valence-corrected chi connectivity index (χ0v) is 16.9. The number of hydrogen-bond donors (Lipinski definition) is 4. The van der Waals surface area contributed by atoms with Gasteiger partial charge in [-0.15, -0.1) is 0 Å². The Morgan fingerprint density at radius 1 is 1.23 bits per heavy atom. The maximum Gasteiger partial charge on any atom is 0.472 e. The molecule has 5 rings (SSSR count). The first-order valence-corrected chi connectivity index (χ1v) is 11.1. The summed E-state index contributed by atoms with van der Waals surface area (Å²) >= 11 is 1.28. The number of aliphatic hydroxyl groups is 1. The van der Waals surface area contributed by atoms with E-state index in [-0.39, 0.29) is 12.4 Å². The zero-order chi connectivity index (χ0) is 21.0. The molecule has 2 unspecified atom stereocenters. The van der Waals surface area contributed by atoms with Crippen LogP contribution in [0.4, 0.5) is 11.5 Å². The molecule has 2 aliphatic heterocycles. The van der Waals surface area contributed by atoms with Gasteiger partial charge in [0.2, 0.25) is 0 Å². The fourth-order valence-electron chi connectivity index (χ4n) is 3.40. The van der Waals surface area contributed by atoms with E-state index >= 15 is 0 Å². The number of hydrogen-bond acceptors (Lipinski definition) is 11. The molecular weight excluding hydrogens is 435 g/mol. The number of phosphoric ester groups is 1. The maximum atomic E-state index is 11.8. The quantitative estimate of drug-likeness (QED) is 0.326. The van der Waals surface area contributed by atoms with Crippen LogP contribution in [0.25, 0.3) is 11.2 Å². The number of ether oxygens (including phenoxy) is 1. The molecule has 0 amide bonds. The van der Waals surface area contributed by atoms with E-state index in [1.165, 1.54) is 18.1 Å². The molecule has 5 atom stereocenters. The molecule has 0 spiro atoms. The highest BCUT2D eigenvalue weighted by Gasteiger charge is 2.53. The highest BCUT2D eigenvalue weighted by atomic mass is 32.2. The summed E-state index contributed by atoms with van der Waals surface area (Å²) in [6, 6.07) is 7.15. The Bertz CT molecular complexity index is 1160. The summed E-state index contributed by atoms with van der Waals surface area (Å²) in [6.07, 6.45) is -2.80. The van der Waals surface area contributed by atoms with Gasteiger partial charge in [-0.25, -0.2) is 19.5 Å². The van der Waals surface area contributed by atoms with Crippen molar-refractivity contribution in [2.45, 2.75) is 34.6 Å². The maximum absolute atomic E-state index is 11.8. The zero-order valence-electron chi connectivity index (χ0n) is 15.2. The number of aromatic nitrogens is 4. The summed E-state index contributed by atoms with van der Waals surface area (Å²) in [5, 5.41) is 11.3. The van der Waals surface area contributed by atoms with Crippen molar-refractivity contribution in [2.24, 2.45) is 0 Å². The highest BCUT2D eigenvalue weighted by molar-refractivity contribution is 7.99. The fraction of sp³-hybridized carbons (Fsp3) is 0.312. The van der Waals surface area contributed by atoms with Gasteiger partial charge in [0.05, 0.1) is 6.61 Å². The molecule has 12 nitrogen and oxygen atoms in total. The van der Waals surface area contributed by atoms with Crippen LogP contribution in [0.1, 0.15) is 6.23 Å². The molecule has 6 N–H and O–H groups in total. The van der Waals surface area contributed by atoms with Crippen LogP contribution < -0.4 is 11.5 Å². The van der Waals surface area contributed by atoms with Crippen molar-refractivity contribution in [1.82, 2.24) is 19.5 Å². The largest absolute Gasteiger partial charge is 0.472 e. The van der Waals surface area contributed by atoms with E-state index in [0.717, 1.165) is 4.90 Å². The Morgan fingerprint density at radius 2 is 2.00 bits per heavy atom. The summed E-state index contributed by atoms with van der Waals surface area (Å²) in [4.78, 5) is 23.2. The van der Waals surface area contributed by atoms with Crippen LogP contribution in [-0.2, 0) is 18.3 Å². The average Bonchev–Trinajstić information content (AvgIpc) is 3.21. The van der Waals surface area contributed by atoms with Gasteiger partial charge in [-0.2, -0.15) is 0 Å². The van der Waals surface area contributed by atoms with Gasteiger partial charge in [0, 0.05) is 10.6 Å². The molecule has 2 fully saturated rings. The number of fused-ring (bicyclic) bond motifs is 2. The van der Waals surface area contributed by atoms with Crippen molar-refractivity contribution in [3.8, 4) is 0 Å². The minimum atomic E-state index is -4.25. The molecule has 14 heteroatoms. The molecule has 1 aromatic carbocycles. The second kappa shape index (κ2) is 7.17. The van der Waals surface area contributed by atoms with E-state index < -0.39 is 32.4 Å². The van der Waals surface area contributed by atoms with Gasteiger partial charge in [0.1, 0.15) is 24.6 Å². The van der Waals surface area contributed by atoms with Gasteiger partial charge >= 0.3 is 7.82 Å². The van der Waals surface area contributed by atoms with Gasteiger partial charge in [-0.3, -0.25) is 13.6 Å². The van der Waals surface area contributed by atoms with Crippen LogP contribution in [0.3, 0.4) is 0 Å². The number of benzene rings is 1. The number of nitrogens with two attached hydrogens (primary N) is 2. The first-order valence-electron chi connectivity index (χ1n) is 8.83. The van der Waals surface area contributed by atoms with Crippen LogP contribution in [0.15, 0.2) is 40.6 Å². The van der Waals surface area contributed by atoms with Crippen molar-refractivity contribution in [3.05, 3.63) is 30.6 Å². The second-order valence-corrected chi connectivity index (χ2v) is 9.20. The smallest absolute Gasteiger partial charge is 0.399 e. The molecule has 3 aromatic rings. The van der Waals surface area contributed by atoms with Crippen LogP contribution in [0, 0.1) is 0 Å². The van der Waals surface area contributed by atoms with Gasteiger partial charge in [-0.05, 0) is 24.3 Å². The lowest BCUT2D eigenvalue weighted by Crippen LogP contribution is -2.39. The van der Waals surface area contributed by atoms with Gasteiger partial charge in [-0.1, -0.05) is 11.8 Å². The number of imidazole rings is 1. The summed E-state index contributed by atoms with van der Waals surface area (Å²) in [7, 11) is -4.25. The summed E-state index contributed by atoms with van der Waals surface area (Å²) < 4.78 is 29.1. The molecule has 158 valence electrons. The van der Waals surface area contributed by atoms with Crippen LogP contribution in [0.2, 0.25) is 0 Å². The molecule has 0 aliphatic carbocycles. The first-order chi connectivity index (χ1) is 14.3. The highest BCUT2D eigenvalue weighted by Crippen LogP contribution is 2.53. The van der Waals surface area contributed by atoms with E-state index in [2.05, 4.69) is 15.0 Å². The lowest BCUT2D eigenvalue weighted by molar-refractivity contribution is -0.0684. The third-order valence-corrected chi connectivity index (χ3v) is 6.75. The lowest BCUT2D eigenvalue weighted by Gasteiger charge is -2.27. The first kappa shape index (κ1) is 19.7. The topological polar surface area (TPSA) is 181 Å². The molecule has 0 radical (unpaired) electrons. The normalized spacial score (nSPS) is 31.1. The third-order valence-electron chi connectivity index (χ3n) is 4.78. The van der Waals surface area contributed by atoms with Crippen LogP contribution >= 0.6 is 19.6 Å². The number of rotatable bonds is 3. The lowest BCUT2D eigenvalue weighted by atomic mass is 10.1. The molecule has 2 aromatic heterocycles. The Balaban J connectivity index is 1.58. The van der Waals surface area contributed by atoms with Gasteiger partial charge in [0.25, 0.3) is 0 Å². The molecular formula is C16H17N6O6PS. The predicted octanol–water partition coefficient (Wildman–Crippen LogP) is 0.916. The predicted molar refractivity (Wildman–Crippen MR) is 105 cm³/mol. The van der Waals surface area contributed by atoms with Crippen molar-refractivity contribution in [1.29, 1.82) is 0 Å². The van der Waals surface area contributed by atoms with E-state index in [9.17, 15) is 14.6 Å². The number of nitrogens with zero attached hydrogens (tertiary/aromatic N) is 4. The Hall–Kier alpha value is -2.25. The monoisotopic (exact) mass is 452 g/mol.